The lowest BCUT2D eigenvalue weighted by atomic mass is 10.2. The molecule has 0 atom stereocenters. The topological polar surface area (TPSA) is 111 Å². The van der Waals surface area contributed by atoms with E-state index in [2.05, 4.69) is 21.8 Å². The number of fused-ring (bicyclic) bond motifs is 1. The van der Waals surface area contributed by atoms with Crippen LogP contribution in [0.15, 0.2) is 12.1 Å². The summed E-state index contributed by atoms with van der Waals surface area (Å²) in [4.78, 5) is 24.8. The third kappa shape index (κ3) is 5.04. The van der Waals surface area contributed by atoms with Crippen LogP contribution in [0.2, 0.25) is 0 Å². The van der Waals surface area contributed by atoms with Crippen molar-refractivity contribution in [2.75, 3.05) is 46.1 Å². The molecule has 1 aliphatic heterocycles. The lowest BCUT2D eigenvalue weighted by Gasteiger charge is -2.33. The Hall–Kier alpha value is -2.66. The molecule has 10 nitrogen and oxygen atoms in total. The molecule has 2 aromatic rings. The molecule has 1 fully saturated rings. The quantitative estimate of drug-likeness (QED) is 0.658. The fraction of sp³-hybridized carbons (Fsp3) is 0.500. The van der Waals surface area contributed by atoms with Crippen molar-refractivity contribution >= 4 is 27.1 Å². The highest BCUT2D eigenvalue weighted by Gasteiger charge is 2.24. The van der Waals surface area contributed by atoms with Crippen molar-refractivity contribution in [3.05, 3.63) is 18.0 Å². The van der Waals surface area contributed by atoms with E-state index in [4.69, 9.17) is 13.7 Å². The van der Waals surface area contributed by atoms with E-state index < -0.39 is 16.2 Å². The van der Waals surface area contributed by atoms with Gasteiger partial charge in [-0.2, -0.15) is 13.4 Å². The van der Waals surface area contributed by atoms with Crippen molar-refractivity contribution in [2.24, 2.45) is 0 Å². The van der Waals surface area contributed by atoms with Crippen LogP contribution in [-0.2, 0) is 10.1 Å². The average Bonchev–Trinajstić information content (AvgIpc) is 2.66. The summed E-state index contributed by atoms with van der Waals surface area (Å²) in [7, 11) is -2.36. The Morgan fingerprint density at radius 1 is 1.14 bits per heavy atom. The molecule has 0 bridgehead atoms. The zero-order valence-corrected chi connectivity index (χ0v) is 17.7. The van der Waals surface area contributed by atoms with Crippen LogP contribution >= 0.6 is 0 Å². The van der Waals surface area contributed by atoms with E-state index in [1.807, 2.05) is 0 Å². The Morgan fingerprint density at radius 2 is 1.83 bits per heavy atom. The second kappa shape index (κ2) is 8.37. The van der Waals surface area contributed by atoms with Crippen LogP contribution in [-0.4, -0.2) is 80.4 Å². The van der Waals surface area contributed by atoms with Crippen molar-refractivity contribution < 1.29 is 26.9 Å². The summed E-state index contributed by atoms with van der Waals surface area (Å²) in [5, 5.41) is 0.292. The Bertz CT molecular complexity index is 1020. The minimum atomic E-state index is -3.80. The molecular formula is C18H24N4O6S. The molecule has 0 N–H and O–H groups in total. The van der Waals surface area contributed by atoms with Gasteiger partial charge in [0.05, 0.1) is 24.3 Å². The Morgan fingerprint density at radius 3 is 2.41 bits per heavy atom. The van der Waals surface area contributed by atoms with E-state index in [1.54, 1.807) is 17.9 Å². The first-order chi connectivity index (χ1) is 13.7. The predicted octanol–water partition coefficient (Wildman–Crippen LogP) is 1.42. The summed E-state index contributed by atoms with van der Waals surface area (Å²) in [6.07, 6.45) is 0.424. The average molecular weight is 424 g/mol. The van der Waals surface area contributed by atoms with Gasteiger partial charge in [-0.15, -0.1) is 0 Å². The number of amides is 1. The predicted molar refractivity (Wildman–Crippen MR) is 106 cm³/mol. The number of carbonyl (C=O) groups excluding carboxylic acids is 1. The van der Waals surface area contributed by atoms with Gasteiger partial charge in [-0.05, 0) is 19.5 Å². The first-order valence-corrected chi connectivity index (χ1v) is 11.0. The Labute approximate surface area is 169 Å². The fourth-order valence-electron chi connectivity index (χ4n) is 3.07. The molecule has 0 aliphatic carbocycles. The molecule has 1 aromatic carbocycles. The van der Waals surface area contributed by atoms with Gasteiger partial charge in [0.15, 0.2) is 11.5 Å². The summed E-state index contributed by atoms with van der Waals surface area (Å²) in [6.45, 7) is 7.31. The van der Waals surface area contributed by atoms with Gasteiger partial charge in [0.2, 0.25) is 5.88 Å². The van der Waals surface area contributed by atoms with Crippen LogP contribution in [0.25, 0.3) is 10.9 Å². The molecule has 0 unspecified atom stereocenters. The van der Waals surface area contributed by atoms with Gasteiger partial charge in [-0.1, -0.05) is 6.92 Å². The largest absolute Gasteiger partial charge is 0.493 e. The Balaban J connectivity index is 1.93. The number of nitrogens with zero attached hydrogens (tertiary/aromatic N) is 4. The number of hydrogen-bond donors (Lipinski definition) is 0. The van der Waals surface area contributed by atoms with E-state index >= 15 is 0 Å². The number of ether oxygens (including phenoxy) is 2. The second-order valence-electron chi connectivity index (χ2n) is 6.67. The standard InChI is InChI=1S/C18H24N4O6S/c1-5-21-6-8-22(9-7-21)18(23)27-16-10-13-14(11-15(16)26-3)19-12(2)20-17(13)28-29(4,24)25/h10-11H,5-9H2,1-4H3. The lowest BCUT2D eigenvalue weighted by Crippen LogP contribution is -2.49. The number of piperazine rings is 1. The molecule has 29 heavy (non-hydrogen) atoms. The molecule has 1 amide bonds. The zero-order valence-electron chi connectivity index (χ0n) is 16.8. The van der Waals surface area contributed by atoms with Gasteiger partial charge >= 0.3 is 16.2 Å². The van der Waals surface area contributed by atoms with Gasteiger partial charge in [0, 0.05) is 32.2 Å². The minimum absolute atomic E-state index is 0.133. The van der Waals surface area contributed by atoms with Crippen molar-refractivity contribution in [1.29, 1.82) is 0 Å². The van der Waals surface area contributed by atoms with Crippen molar-refractivity contribution in [3.8, 4) is 17.4 Å². The number of rotatable bonds is 5. The van der Waals surface area contributed by atoms with E-state index in [1.165, 1.54) is 13.2 Å². The molecule has 1 aromatic heterocycles. The molecule has 0 saturated carbocycles. The highest BCUT2D eigenvalue weighted by molar-refractivity contribution is 7.86. The van der Waals surface area contributed by atoms with Gasteiger partial charge in [0.1, 0.15) is 5.82 Å². The first kappa shape index (κ1) is 21.1. The van der Waals surface area contributed by atoms with Gasteiger partial charge in [-0.25, -0.2) is 9.78 Å². The molecule has 1 saturated heterocycles. The minimum Gasteiger partial charge on any atom is -0.493 e. The molecule has 11 heteroatoms. The van der Waals surface area contributed by atoms with Crippen molar-refractivity contribution in [2.45, 2.75) is 13.8 Å². The SMILES string of the molecule is CCN1CCN(C(=O)Oc2cc3c(OS(C)(=O)=O)nc(C)nc3cc2OC)CC1. The number of aromatic nitrogens is 2. The van der Waals surface area contributed by atoms with Crippen LogP contribution in [0.5, 0.6) is 17.4 Å². The van der Waals surface area contributed by atoms with Crippen LogP contribution < -0.4 is 13.7 Å². The third-order valence-electron chi connectivity index (χ3n) is 4.56. The fourth-order valence-corrected chi connectivity index (χ4v) is 3.48. The zero-order chi connectivity index (χ0) is 21.2. The molecule has 158 valence electrons. The highest BCUT2D eigenvalue weighted by Crippen LogP contribution is 2.35. The smallest absolute Gasteiger partial charge is 0.415 e. The summed E-state index contributed by atoms with van der Waals surface area (Å²) in [5.41, 5.74) is 0.407. The number of benzene rings is 1. The summed E-state index contributed by atoms with van der Waals surface area (Å²) < 4.78 is 39.1. The highest BCUT2D eigenvalue weighted by atomic mass is 32.2. The van der Waals surface area contributed by atoms with E-state index in [-0.39, 0.29) is 11.6 Å². The number of hydrogen-bond acceptors (Lipinski definition) is 9. The number of carbonyl (C=O) groups is 1. The van der Waals surface area contributed by atoms with E-state index in [0.29, 0.717) is 35.6 Å². The van der Waals surface area contributed by atoms with Crippen LogP contribution in [0.4, 0.5) is 4.79 Å². The van der Waals surface area contributed by atoms with Crippen molar-refractivity contribution in [1.82, 2.24) is 19.8 Å². The molecule has 3 rings (SSSR count). The van der Waals surface area contributed by atoms with Gasteiger partial charge < -0.3 is 23.5 Å². The first-order valence-electron chi connectivity index (χ1n) is 9.15. The van der Waals surface area contributed by atoms with E-state index in [9.17, 15) is 13.2 Å². The number of methoxy groups -OCH3 is 1. The lowest BCUT2D eigenvalue weighted by molar-refractivity contribution is 0.112. The number of aryl methyl sites for hydroxylation is 1. The summed E-state index contributed by atoms with van der Waals surface area (Å²) in [5.74, 6) is 0.624. The summed E-state index contributed by atoms with van der Waals surface area (Å²) >= 11 is 0. The van der Waals surface area contributed by atoms with Crippen molar-refractivity contribution in [3.63, 3.8) is 0 Å². The number of likely N-dealkylation sites (N-methyl/N-ethyl adjacent to an activating group) is 1. The molecule has 2 heterocycles. The van der Waals surface area contributed by atoms with Gasteiger partial charge in [-0.3, -0.25) is 0 Å². The molecule has 1 aliphatic rings. The molecule has 0 radical (unpaired) electrons. The van der Waals surface area contributed by atoms with Crippen LogP contribution in [0, 0.1) is 6.92 Å². The second-order valence-corrected chi connectivity index (χ2v) is 8.25. The molecular weight excluding hydrogens is 400 g/mol. The maximum Gasteiger partial charge on any atom is 0.415 e. The third-order valence-corrected chi connectivity index (χ3v) is 5.02. The maximum absolute atomic E-state index is 12.6. The van der Waals surface area contributed by atoms with Crippen LogP contribution in [0.1, 0.15) is 12.7 Å². The Kier molecular flexibility index (Phi) is 6.08. The molecule has 0 spiro atoms. The maximum atomic E-state index is 12.6. The summed E-state index contributed by atoms with van der Waals surface area (Å²) in [6, 6.07) is 3.01. The monoisotopic (exact) mass is 424 g/mol. The van der Waals surface area contributed by atoms with Gasteiger partial charge in [0.25, 0.3) is 0 Å². The normalized spacial score (nSPS) is 15.4. The van der Waals surface area contributed by atoms with E-state index in [0.717, 1.165) is 25.9 Å². The van der Waals surface area contributed by atoms with Crippen LogP contribution in [0.3, 0.4) is 0 Å².